The number of aliphatic hydroxyl groups excluding tert-OH is 1. The van der Waals surface area contributed by atoms with E-state index in [2.05, 4.69) is 10.6 Å². The molecule has 0 saturated carbocycles. The lowest BCUT2D eigenvalue weighted by Crippen LogP contribution is -2.47. The molecule has 3 N–H and O–H groups in total. The minimum absolute atomic E-state index is 0.0801. The topological polar surface area (TPSA) is 81.7 Å². The van der Waals surface area contributed by atoms with E-state index < -0.39 is 18.2 Å². The number of carbonyl (C=O) groups is 2. The van der Waals surface area contributed by atoms with E-state index in [1.807, 2.05) is 6.07 Å². The molecule has 0 radical (unpaired) electrons. The first kappa shape index (κ1) is 17.9. The summed E-state index contributed by atoms with van der Waals surface area (Å²) in [5.74, 6) is -0.758. The second kappa shape index (κ2) is 7.97. The number of para-hydroxylation sites is 1. The summed E-state index contributed by atoms with van der Waals surface area (Å²) in [6.07, 6.45) is -0.599. The molecular formula is C19H20FN3O3. The van der Waals surface area contributed by atoms with E-state index in [9.17, 15) is 19.1 Å². The molecule has 136 valence electrons. The lowest BCUT2D eigenvalue weighted by atomic mass is 10.1. The van der Waals surface area contributed by atoms with E-state index in [0.717, 1.165) is 0 Å². The molecule has 2 aromatic rings. The van der Waals surface area contributed by atoms with Crippen molar-refractivity contribution in [1.29, 1.82) is 0 Å². The van der Waals surface area contributed by atoms with E-state index >= 15 is 0 Å². The van der Waals surface area contributed by atoms with Gasteiger partial charge >= 0.3 is 6.03 Å². The van der Waals surface area contributed by atoms with Crippen LogP contribution in [-0.4, -0.2) is 40.6 Å². The van der Waals surface area contributed by atoms with Gasteiger partial charge in [0.15, 0.2) is 0 Å². The molecule has 1 aliphatic heterocycles. The zero-order valence-electron chi connectivity index (χ0n) is 14.1. The zero-order valence-corrected chi connectivity index (χ0v) is 14.1. The predicted molar refractivity (Wildman–Crippen MR) is 94.8 cm³/mol. The molecule has 1 saturated heterocycles. The number of hydrogen-bond acceptors (Lipinski definition) is 3. The summed E-state index contributed by atoms with van der Waals surface area (Å²) in [6.45, 7) is 0.230. The first-order chi connectivity index (χ1) is 12.5. The molecule has 2 aromatic carbocycles. The van der Waals surface area contributed by atoms with Gasteiger partial charge in [0.1, 0.15) is 11.9 Å². The largest absolute Gasteiger partial charge is 0.391 e. The number of carbonyl (C=O) groups excluding carboxylic acids is 2. The molecule has 1 aliphatic rings. The van der Waals surface area contributed by atoms with Gasteiger partial charge < -0.3 is 20.6 Å². The van der Waals surface area contributed by atoms with Crippen LogP contribution in [-0.2, 0) is 11.3 Å². The van der Waals surface area contributed by atoms with Crippen molar-refractivity contribution in [1.82, 2.24) is 10.2 Å². The van der Waals surface area contributed by atoms with Crippen molar-refractivity contribution < 1.29 is 19.1 Å². The average Bonchev–Trinajstić information content (AvgIpc) is 3.03. The van der Waals surface area contributed by atoms with Gasteiger partial charge in [-0.15, -0.1) is 0 Å². The molecule has 7 heteroatoms. The number of β-amino-alcohol motifs (C(OH)–C–C–N with tert-alkyl or cyclic N) is 1. The van der Waals surface area contributed by atoms with Crippen molar-refractivity contribution in [2.45, 2.75) is 25.1 Å². The summed E-state index contributed by atoms with van der Waals surface area (Å²) in [7, 11) is 0. The Morgan fingerprint density at radius 2 is 1.92 bits per heavy atom. The van der Waals surface area contributed by atoms with Gasteiger partial charge in [-0.25, -0.2) is 9.18 Å². The Hall–Kier alpha value is -2.93. The van der Waals surface area contributed by atoms with Gasteiger partial charge in [-0.05, 0) is 29.8 Å². The maximum absolute atomic E-state index is 13.2. The Bertz CT molecular complexity index is 785. The first-order valence-corrected chi connectivity index (χ1v) is 8.36. The number of aliphatic hydroxyl groups is 1. The molecule has 6 nitrogen and oxygen atoms in total. The SMILES string of the molecule is O=C(NCc1cccc(F)c1)C1CC(O)CN1C(=O)Nc1ccccc1. The monoisotopic (exact) mass is 357 g/mol. The third-order valence-corrected chi connectivity index (χ3v) is 4.22. The average molecular weight is 357 g/mol. The van der Waals surface area contributed by atoms with Crippen molar-refractivity contribution in [2.24, 2.45) is 0 Å². The number of benzene rings is 2. The van der Waals surface area contributed by atoms with Crippen LogP contribution in [0.1, 0.15) is 12.0 Å². The summed E-state index contributed by atoms with van der Waals surface area (Å²) in [5, 5.41) is 15.3. The molecule has 1 heterocycles. The summed E-state index contributed by atoms with van der Waals surface area (Å²) in [4.78, 5) is 26.3. The highest BCUT2D eigenvalue weighted by molar-refractivity contribution is 5.94. The van der Waals surface area contributed by atoms with Crippen molar-refractivity contribution >= 4 is 17.6 Å². The van der Waals surface area contributed by atoms with Crippen molar-refractivity contribution in [3.63, 3.8) is 0 Å². The van der Waals surface area contributed by atoms with Gasteiger partial charge in [-0.2, -0.15) is 0 Å². The van der Waals surface area contributed by atoms with Crippen molar-refractivity contribution in [2.75, 3.05) is 11.9 Å². The van der Waals surface area contributed by atoms with Crippen LogP contribution in [0, 0.1) is 5.82 Å². The fourth-order valence-electron chi connectivity index (χ4n) is 2.96. The second-order valence-electron chi connectivity index (χ2n) is 6.20. The summed E-state index contributed by atoms with van der Waals surface area (Å²) in [5.41, 5.74) is 1.23. The molecule has 1 fully saturated rings. The van der Waals surface area contributed by atoms with Crippen molar-refractivity contribution in [3.8, 4) is 0 Å². The summed E-state index contributed by atoms with van der Waals surface area (Å²) >= 11 is 0. The van der Waals surface area contributed by atoms with Gasteiger partial charge in [0.05, 0.1) is 6.10 Å². The molecule has 0 aliphatic carbocycles. The molecular weight excluding hydrogens is 337 g/mol. The second-order valence-corrected chi connectivity index (χ2v) is 6.20. The third-order valence-electron chi connectivity index (χ3n) is 4.22. The Kier molecular flexibility index (Phi) is 5.48. The van der Waals surface area contributed by atoms with E-state index in [0.29, 0.717) is 11.3 Å². The molecule has 26 heavy (non-hydrogen) atoms. The highest BCUT2D eigenvalue weighted by Gasteiger charge is 2.38. The van der Waals surface area contributed by atoms with E-state index in [4.69, 9.17) is 0 Å². The number of anilines is 1. The number of likely N-dealkylation sites (tertiary alicyclic amines) is 1. The van der Waals surface area contributed by atoms with Gasteiger partial charge in [0, 0.05) is 25.2 Å². The summed E-state index contributed by atoms with van der Waals surface area (Å²) < 4.78 is 13.2. The number of halogens is 1. The minimum atomic E-state index is -0.776. The fourth-order valence-corrected chi connectivity index (χ4v) is 2.96. The molecule has 0 aromatic heterocycles. The molecule has 0 spiro atoms. The maximum atomic E-state index is 13.2. The van der Waals surface area contributed by atoms with Crippen molar-refractivity contribution in [3.05, 3.63) is 66.0 Å². The standard InChI is InChI=1S/C19H20FN3O3/c20-14-6-4-5-13(9-14)11-21-18(25)17-10-16(24)12-23(17)19(26)22-15-7-2-1-3-8-15/h1-9,16-17,24H,10-12H2,(H,21,25)(H,22,26). The Morgan fingerprint density at radius 3 is 2.65 bits per heavy atom. The van der Waals surface area contributed by atoms with Crippen LogP contribution in [0.5, 0.6) is 0 Å². The lowest BCUT2D eigenvalue weighted by Gasteiger charge is -2.24. The van der Waals surface area contributed by atoms with E-state index in [-0.39, 0.29) is 31.2 Å². The predicted octanol–water partition coefficient (Wildman–Crippen LogP) is 2.11. The third kappa shape index (κ3) is 4.37. The highest BCUT2D eigenvalue weighted by Crippen LogP contribution is 2.20. The number of urea groups is 1. The molecule has 2 unspecified atom stereocenters. The lowest BCUT2D eigenvalue weighted by molar-refractivity contribution is -0.124. The van der Waals surface area contributed by atoms with Crippen LogP contribution in [0.3, 0.4) is 0 Å². The van der Waals surface area contributed by atoms with E-state index in [1.54, 1.807) is 36.4 Å². The smallest absolute Gasteiger partial charge is 0.322 e. The summed E-state index contributed by atoms with van der Waals surface area (Å²) in [6, 6.07) is 13.6. The first-order valence-electron chi connectivity index (χ1n) is 8.36. The number of nitrogens with one attached hydrogen (secondary N) is 2. The molecule has 2 atom stereocenters. The number of nitrogens with zero attached hydrogens (tertiary/aromatic N) is 1. The van der Waals surface area contributed by atoms with Crippen LogP contribution < -0.4 is 10.6 Å². The zero-order chi connectivity index (χ0) is 18.5. The molecule has 3 amide bonds. The minimum Gasteiger partial charge on any atom is -0.391 e. The molecule has 0 bridgehead atoms. The number of hydrogen-bond donors (Lipinski definition) is 3. The molecule has 3 rings (SSSR count). The Labute approximate surface area is 150 Å². The van der Waals surface area contributed by atoms with E-state index in [1.165, 1.54) is 17.0 Å². The Morgan fingerprint density at radius 1 is 1.15 bits per heavy atom. The normalized spacial score (nSPS) is 19.2. The van der Waals surface area contributed by atoms with Crippen LogP contribution in [0.25, 0.3) is 0 Å². The fraction of sp³-hybridized carbons (Fsp3) is 0.263. The van der Waals surface area contributed by atoms with Gasteiger partial charge in [-0.1, -0.05) is 30.3 Å². The van der Waals surface area contributed by atoms with Gasteiger partial charge in [-0.3, -0.25) is 4.79 Å². The maximum Gasteiger partial charge on any atom is 0.322 e. The van der Waals surface area contributed by atoms with Crippen LogP contribution in [0.15, 0.2) is 54.6 Å². The number of amides is 3. The van der Waals surface area contributed by atoms with Gasteiger partial charge in [0.2, 0.25) is 5.91 Å². The Balaban J connectivity index is 1.62. The van der Waals surface area contributed by atoms with Crippen LogP contribution >= 0.6 is 0 Å². The van der Waals surface area contributed by atoms with Gasteiger partial charge in [0.25, 0.3) is 0 Å². The number of rotatable bonds is 4. The van der Waals surface area contributed by atoms with Crippen LogP contribution in [0.4, 0.5) is 14.9 Å². The highest BCUT2D eigenvalue weighted by atomic mass is 19.1. The van der Waals surface area contributed by atoms with Crippen LogP contribution in [0.2, 0.25) is 0 Å². The quantitative estimate of drug-likeness (QED) is 0.784.